The Kier molecular flexibility index (Phi) is 4.63. The van der Waals surface area contributed by atoms with Crippen molar-refractivity contribution in [1.29, 1.82) is 0 Å². The zero-order valence-corrected chi connectivity index (χ0v) is 14.9. The van der Waals surface area contributed by atoms with Crippen LogP contribution in [-0.4, -0.2) is 51.5 Å². The summed E-state index contributed by atoms with van der Waals surface area (Å²) < 4.78 is 16.6. The second-order valence-corrected chi connectivity index (χ2v) is 6.59. The van der Waals surface area contributed by atoms with Gasteiger partial charge in [-0.3, -0.25) is 0 Å². The zero-order chi connectivity index (χ0) is 17.2. The van der Waals surface area contributed by atoms with Gasteiger partial charge in [0.2, 0.25) is 0 Å². The molecular weight excluding hydrogens is 318 g/mol. The molecule has 1 aliphatic carbocycles. The van der Waals surface area contributed by atoms with Crippen LogP contribution in [0, 0.1) is 0 Å². The van der Waals surface area contributed by atoms with Crippen LogP contribution in [0.5, 0.6) is 11.5 Å². The van der Waals surface area contributed by atoms with E-state index in [2.05, 4.69) is 16.3 Å². The number of aromatic nitrogens is 1. The number of methoxy groups -OCH3 is 2. The molecule has 1 saturated heterocycles. The van der Waals surface area contributed by atoms with Crippen molar-refractivity contribution in [3.05, 3.63) is 23.8 Å². The van der Waals surface area contributed by atoms with Crippen LogP contribution in [0.25, 0.3) is 10.9 Å². The number of nitrogens with zero attached hydrogens (tertiary/aromatic N) is 2. The van der Waals surface area contributed by atoms with Crippen LogP contribution in [-0.2, 0) is 11.3 Å². The maximum atomic E-state index is 5.56. The summed E-state index contributed by atoms with van der Waals surface area (Å²) in [6.07, 6.45) is 2.54. The number of pyridine rings is 1. The molecule has 0 atom stereocenters. The normalized spacial score (nSPS) is 17.8. The Balaban J connectivity index is 1.81. The first-order valence-electron chi connectivity index (χ1n) is 8.91. The number of ether oxygens (including phenoxy) is 3. The van der Waals surface area contributed by atoms with Gasteiger partial charge in [-0.05, 0) is 31.0 Å². The maximum absolute atomic E-state index is 5.56. The number of anilines is 1. The molecule has 0 bridgehead atoms. The van der Waals surface area contributed by atoms with Crippen LogP contribution >= 0.6 is 0 Å². The quantitative estimate of drug-likeness (QED) is 0.869. The van der Waals surface area contributed by atoms with Gasteiger partial charge in [-0.1, -0.05) is 0 Å². The third kappa shape index (κ3) is 3.37. The molecular formula is C19H25N3O3. The minimum absolute atomic E-state index is 0.653. The molecule has 1 aromatic carbocycles. The lowest BCUT2D eigenvalue weighted by atomic mass is 10.1. The number of rotatable bonds is 6. The Morgan fingerprint density at radius 2 is 1.88 bits per heavy atom. The summed E-state index contributed by atoms with van der Waals surface area (Å²) in [5, 5.41) is 4.61. The highest BCUT2D eigenvalue weighted by molar-refractivity contribution is 5.92. The Hall–Kier alpha value is -2.05. The topological polar surface area (TPSA) is 55.9 Å². The molecule has 2 aromatic rings. The first-order chi connectivity index (χ1) is 12.3. The van der Waals surface area contributed by atoms with Crippen LogP contribution in [0.3, 0.4) is 0 Å². The van der Waals surface area contributed by atoms with E-state index in [1.54, 1.807) is 14.2 Å². The SMILES string of the molecule is COc1ccc(OC)c2nc(N3CCOCC3)c(CNC3CC3)cc12. The molecule has 1 aliphatic heterocycles. The van der Waals surface area contributed by atoms with Gasteiger partial charge in [0.05, 0.1) is 27.4 Å². The summed E-state index contributed by atoms with van der Waals surface area (Å²) in [5.41, 5.74) is 2.05. The molecule has 0 unspecified atom stereocenters. The molecule has 0 radical (unpaired) electrons. The van der Waals surface area contributed by atoms with E-state index in [0.29, 0.717) is 6.04 Å². The van der Waals surface area contributed by atoms with Gasteiger partial charge in [-0.25, -0.2) is 4.98 Å². The van der Waals surface area contributed by atoms with E-state index in [9.17, 15) is 0 Å². The van der Waals surface area contributed by atoms with Crippen molar-refractivity contribution in [2.75, 3.05) is 45.4 Å². The monoisotopic (exact) mass is 343 g/mol. The van der Waals surface area contributed by atoms with E-state index >= 15 is 0 Å². The smallest absolute Gasteiger partial charge is 0.145 e. The third-order valence-electron chi connectivity index (χ3n) is 4.87. The van der Waals surface area contributed by atoms with Gasteiger partial charge in [0.15, 0.2) is 0 Å². The number of morpholine rings is 1. The summed E-state index contributed by atoms with van der Waals surface area (Å²) in [5.74, 6) is 2.62. The minimum Gasteiger partial charge on any atom is -0.496 e. The molecule has 1 N–H and O–H groups in total. The highest BCUT2D eigenvalue weighted by Crippen LogP contribution is 2.35. The van der Waals surface area contributed by atoms with E-state index < -0.39 is 0 Å². The van der Waals surface area contributed by atoms with Crippen LogP contribution in [0.4, 0.5) is 5.82 Å². The van der Waals surface area contributed by atoms with Crippen molar-refractivity contribution >= 4 is 16.7 Å². The molecule has 4 rings (SSSR count). The Morgan fingerprint density at radius 1 is 1.16 bits per heavy atom. The molecule has 2 aliphatic rings. The van der Waals surface area contributed by atoms with Gasteiger partial charge < -0.3 is 24.4 Å². The first kappa shape index (κ1) is 16.4. The second-order valence-electron chi connectivity index (χ2n) is 6.59. The van der Waals surface area contributed by atoms with Crippen molar-refractivity contribution in [3.8, 4) is 11.5 Å². The number of benzene rings is 1. The molecule has 0 amide bonds. The van der Waals surface area contributed by atoms with E-state index in [4.69, 9.17) is 19.2 Å². The van der Waals surface area contributed by atoms with Crippen LogP contribution in [0.15, 0.2) is 18.2 Å². The van der Waals surface area contributed by atoms with Gasteiger partial charge in [-0.2, -0.15) is 0 Å². The largest absolute Gasteiger partial charge is 0.496 e. The Bertz CT molecular complexity index is 755. The average Bonchev–Trinajstić information content (AvgIpc) is 3.50. The highest BCUT2D eigenvalue weighted by atomic mass is 16.5. The summed E-state index contributed by atoms with van der Waals surface area (Å²) in [6.45, 7) is 4.03. The number of hydrogen-bond donors (Lipinski definition) is 1. The fraction of sp³-hybridized carbons (Fsp3) is 0.526. The molecule has 2 heterocycles. The van der Waals surface area contributed by atoms with E-state index in [0.717, 1.165) is 61.1 Å². The van der Waals surface area contributed by atoms with Gasteiger partial charge in [0.1, 0.15) is 22.8 Å². The summed E-state index contributed by atoms with van der Waals surface area (Å²) in [7, 11) is 3.37. The van der Waals surface area contributed by atoms with Crippen molar-refractivity contribution < 1.29 is 14.2 Å². The van der Waals surface area contributed by atoms with Crippen LogP contribution in [0.2, 0.25) is 0 Å². The molecule has 2 fully saturated rings. The van der Waals surface area contributed by atoms with Gasteiger partial charge >= 0.3 is 0 Å². The maximum Gasteiger partial charge on any atom is 0.145 e. The average molecular weight is 343 g/mol. The van der Waals surface area contributed by atoms with E-state index in [1.807, 2.05) is 12.1 Å². The van der Waals surface area contributed by atoms with Crippen LogP contribution < -0.4 is 19.7 Å². The fourth-order valence-electron chi connectivity index (χ4n) is 3.30. The predicted molar refractivity (Wildman–Crippen MR) is 97.7 cm³/mol. The number of hydrogen-bond acceptors (Lipinski definition) is 6. The van der Waals surface area contributed by atoms with Gasteiger partial charge in [0, 0.05) is 36.6 Å². The molecule has 25 heavy (non-hydrogen) atoms. The van der Waals surface area contributed by atoms with Crippen molar-refractivity contribution in [1.82, 2.24) is 10.3 Å². The zero-order valence-electron chi connectivity index (χ0n) is 14.9. The lowest BCUT2D eigenvalue weighted by Crippen LogP contribution is -2.37. The Labute approximate surface area is 148 Å². The summed E-state index contributed by atoms with van der Waals surface area (Å²) in [4.78, 5) is 7.31. The fourth-order valence-corrected chi connectivity index (χ4v) is 3.30. The standard InChI is InChI=1S/C19H25N3O3/c1-23-16-5-6-17(24-2)18-15(16)11-13(12-20-14-3-4-14)19(21-18)22-7-9-25-10-8-22/h5-6,11,14,20H,3-4,7-10,12H2,1-2H3. The number of fused-ring (bicyclic) bond motifs is 1. The highest BCUT2D eigenvalue weighted by Gasteiger charge is 2.23. The minimum atomic E-state index is 0.653. The predicted octanol–water partition coefficient (Wildman–Crippen LogP) is 2.34. The lowest BCUT2D eigenvalue weighted by Gasteiger charge is -2.30. The molecule has 1 saturated carbocycles. The molecule has 134 valence electrons. The van der Waals surface area contributed by atoms with Crippen molar-refractivity contribution in [2.24, 2.45) is 0 Å². The van der Waals surface area contributed by atoms with E-state index in [-0.39, 0.29) is 0 Å². The third-order valence-corrected chi connectivity index (χ3v) is 4.87. The summed E-state index contributed by atoms with van der Waals surface area (Å²) >= 11 is 0. The molecule has 6 heteroatoms. The van der Waals surface area contributed by atoms with Gasteiger partial charge in [0.25, 0.3) is 0 Å². The summed E-state index contributed by atoms with van der Waals surface area (Å²) in [6, 6.07) is 6.71. The molecule has 0 spiro atoms. The van der Waals surface area contributed by atoms with Crippen molar-refractivity contribution in [3.63, 3.8) is 0 Å². The molecule has 6 nitrogen and oxygen atoms in total. The Morgan fingerprint density at radius 3 is 2.56 bits per heavy atom. The van der Waals surface area contributed by atoms with Crippen LogP contribution in [0.1, 0.15) is 18.4 Å². The van der Waals surface area contributed by atoms with Gasteiger partial charge in [-0.15, -0.1) is 0 Å². The van der Waals surface area contributed by atoms with E-state index in [1.165, 1.54) is 18.4 Å². The number of nitrogens with one attached hydrogen (secondary N) is 1. The second kappa shape index (κ2) is 7.06. The van der Waals surface area contributed by atoms with Crippen molar-refractivity contribution in [2.45, 2.75) is 25.4 Å². The molecule has 1 aromatic heterocycles. The lowest BCUT2D eigenvalue weighted by molar-refractivity contribution is 0.122. The first-order valence-corrected chi connectivity index (χ1v) is 8.91.